The molecule has 1 aromatic carbocycles. The van der Waals surface area contributed by atoms with Crippen LogP contribution in [0.3, 0.4) is 0 Å². The lowest BCUT2D eigenvalue weighted by molar-refractivity contribution is 0.265. The molecule has 2 aromatic rings. The molecule has 1 unspecified atom stereocenters. The first-order valence-corrected chi connectivity index (χ1v) is 8.96. The zero-order valence-electron chi connectivity index (χ0n) is 15.5. The Morgan fingerprint density at radius 2 is 1.92 bits per heavy atom. The molecule has 0 spiro atoms. The Balaban J connectivity index is 1.84. The van der Waals surface area contributed by atoms with Crippen LogP contribution in [0.4, 0.5) is 0 Å². The molecule has 0 saturated heterocycles. The van der Waals surface area contributed by atoms with Crippen molar-refractivity contribution in [3.8, 4) is 0 Å². The second-order valence-corrected chi connectivity index (χ2v) is 6.23. The molecule has 25 heavy (non-hydrogen) atoms. The minimum atomic E-state index is 0.134. The summed E-state index contributed by atoms with van der Waals surface area (Å²) in [5.41, 5.74) is 1.37. The van der Waals surface area contributed by atoms with Gasteiger partial charge in [0.1, 0.15) is 5.76 Å². The molecule has 0 fully saturated rings. The highest BCUT2D eigenvalue weighted by Crippen LogP contribution is 2.18. The third-order valence-corrected chi connectivity index (χ3v) is 4.04. The zero-order chi connectivity index (χ0) is 17.9. The summed E-state index contributed by atoms with van der Waals surface area (Å²) in [6.07, 6.45) is 3.85. The number of hydrogen-bond acceptors (Lipinski definition) is 3. The van der Waals surface area contributed by atoms with Crippen LogP contribution in [-0.2, 0) is 6.42 Å². The topological polar surface area (TPSA) is 52.8 Å². The standard InChI is InChI=1S/C20H30N4O/c1-4-21-20(22-14-8-12-17-10-6-5-7-11-17)23-16-18(24(2)3)19-13-9-15-25-19/h5-7,9-11,13,15,18H,4,8,12,14,16H2,1-3H3,(H2,21,22,23). The van der Waals surface area contributed by atoms with Crippen molar-refractivity contribution in [2.75, 3.05) is 33.7 Å². The second kappa shape index (κ2) is 10.6. The quantitative estimate of drug-likeness (QED) is 0.418. The van der Waals surface area contributed by atoms with Crippen LogP contribution in [0.5, 0.6) is 0 Å². The average Bonchev–Trinajstić information content (AvgIpc) is 3.13. The number of nitrogens with zero attached hydrogens (tertiary/aromatic N) is 2. The van der Waals surface area contributed by atoms with Crippen LogP contribution in [0.25, 0.3) is 0 Å². The third kappa shape index (κ3) is 6.63. The SMILES string of the molecule is CCNC(=NCC(c1ccco1)N(C)C)NCCCc1ccccc1. The number of nitrogens with one attached hydrogen (secondary N) is 2. The van der Waals surface area contributed by atoms with E-state index in [9.17, 15) is 0 Å². The molecule has 136 valence electrons. The van der Waals surface area contributed by atoms with Crippen LogP contribution in [0, 0.1) is 0 Å². The van der Waals surface area contributed by atoms with Crippen molar-refractivity contribution in [1.82, 2.24) is 15.5 Å². The van der Waals surface area contributed by atoms with E-state index in [0.29, 0.717) is 6.54 Å². The van der Waals surface area contributed by atoms with Gasteiger partial charge in [-0.1, -0.05) is 30.3 Å². The number of aliphatic imine (C=N–C) groups is 1. The van der Waals surface area contributed by atoms with Crippen LogP contribution in [-0.4, -0.2) is 44.6 Å². The Kier molecular flexibility index (Phi) is 8.05. The molecular formula is C20H30N4O. The van der Waals surface area contributed by atoms with Gasteiger partial charge in [-0.25, -0.2) is 0 Å². The smallest absolute Gasteiger partial charge is 0.191 e. The molecule has 0 aliphatic rings. The van der Waals surface area contributed by atoms with Crippen molar-refractivity contribution in [2.24, 2.45) is 4.99 Å². The van der Waals surface area contributed by atoms with E-state index in [1.54, 1.807) is 6.26 Å². The molecule has 2 N–H and O–H groups in total. The van der Waals surface area contributed by atoms with Gasteiger partial charge in [-0.2, -0.15) is 0 Å². The van der Waals surface area contributed by atoms with Crippen molar-refractivity contribution >= 4 is 5.96 Å². The molecule has 0 aliphatic heterocycles. The van der Waals surface area contributed by atoms with Gasteiger partial charge in [-0.15, -0.1) is 0 Å². The average molecular weight is 342 g/mol. The first-order chi connectivity index (χ1) is 12.2. The second-order valence-electron chi connectivity index (χ2n) is 6.23. The van der Waals surface area contributed by atoms with E-state index >= 15 is 0 Å². The van der Waals surface area contributed by atoms with Gasteiger partial charge < -0.3 is 15.1 Å². The summed E-state index contributed by atoms with van der Waals surface area (Å²) in [4.78, 5) is 6.85. The Labute approximate surface area is 151 Å². The Morgan fingerprint density at radius 1 is 1.12 bits per heavy atom. The van der Waals surface area contributed by atoms with E-state index in [0.717, 1.165) is 37.7 Å². The minimum Gasteiger partial charge on any atom is -0.468 e. The van der Waals surface area contributed by atoms with E-state index in [4.69, 9.17) is 9.41 Å². The third-order valence-electron chi connectivity index (χ3n) is 4.04. The highest BCUT2D eigenvalue weighted by atomic mass is 16.3. The molecule has 0 saturated carbocycles. The van der Waals surface area contributed by atoms with E-state index < -0.39 is 0 Å². The predicted octanol–water partition coefficient (Wildman–Crippen LogP) is 3.07. The summed E-state index contributed by atoms with van der Waals surface area (Å²) in [5.74, 6) is 1.79. The molecular weight excluding hydrogens is 312 g/mol. The van der Waals surface area contributed by atoms with Crippen LogP contribution < -0.4 is 10.6 Å². The summed E-state index contributed by atoms with van der Waals surface area (Å²) in [5, 5.41) is 6.73. The number of hydrogen-bond donors (Lipinski definition) is 2. The normalized spacial score (nSPS) is 13.0. The van der Waals surface area contributed by atoms with E-state index in [-0.39, 0.29) is 6.04 Å². The molecule has 0 aliphatic carbocycles. The molecule has 2 rings (SSSR count). The largest absolute Gasteiger partial charge is 0.468 e. The van der Waals surface area contributed by atoms with Gasteiger partial charge in [-0.3, -0.25) is 9.89 Å². The molecule has 1 atom stereocenters. The zero-order valence-corrected chi connectivity index (χ0v) is 15.5. The number of guanidine groups is 1. The fraction of sp³-hybridized carbons (Fsp3) is 0.450. The lowest BCUT2D eigenvalue weighted by Crippen LogP contribution is -2.38. The van der Waals surface area contributed by atoms with E-state index in [1.807, 2.05) is 26.2 Å². The molecule has 1 aromatic heterocycles. The van der Waals surface area contributed by atoms with E-state index in [2.05, 4.69) is 52.8 Å². The minimum absolute atomic E-state index is 0.134. The lowest BCUT2D eigenvalue weighted by Gasteiger charge is -2.21. The van der Waals surface area contributed by atoms with Crippen molar-refractivity contribution in [3.63, 3.8) is 0 Å². The Bertz CT molecular complexity index is 608. The molecule has 0 bridgehead atoms. The van der Waals surface area contributed by atoms with Gasteiger partial charge >= 0.3 is 0 Å². The number of aryl methyl sites for hydroxylation is 1. The highest BCUT2D eigenvalue weighted by Gasteiger charge is 2.16. The molecule has 5 heteroatoms. The van der Waals surface area contributed by atoms with Gasteiger partial charge in [0.25, 0.3) is 0 Å². The van der Waals surface area contributed by atoms with Gasteiger partial charge in [-0.05, 0) is 51.6 Å². The molecule has 5 nitrogen and oxygen atoms in total. The fourth-order valence-electron chi connectivity index (χ4n) is 2.65. The number of likely N-dealkylation sites (N-methyl/N-ethyl adjacent to an activating group) is 1. The Morgan fingerprint density at radius 3 is 2.56 bits per heavy atom. The summed E-state index contributed by atoms with van der Waals surface area (Å²) < 4.78 is 5.54. The maximum absolute atomic E-state index is 5.54. The fourth-order valence-corrected chi connectivity index (χ4v) is 2.65. The number of furan rings is 1. The van der Waals surface area contributed by atoms with Crippen molar-refractivity contribution < 1.29 is 4.42 Å². The van der Waals surface area contributed by atoms with Crippen LogP contribution >= 0.6 is 0 Å². The van der Waals surface area contributed by atoms with Crippen molar-refractivity contribution in [2.45, 2.75) is 25.8 Å². The molecule has 1 heterocycles. The van der Waals surface area contributed by atoms with Crippen molar-refractivity contribution in [1.29, 1.82) is 0 Å². The van der Waals surface area contributed by atoms with Crippen LogP contribution in [0.2, 0.25) is 0 Å². The maximum Gasteiger partial charge on any atom is 0.191 e. The summed E-state index contributed by atoms with van der Waals surface area (Å²) in [6, 6.07) is 14.6. The van der Waals surface area contributed by atoms with Gasteiger partial charge in [0.15, 0.2) is 5.96 Å². The number of benzene rings is 1. The van der Waals surface area contributed by atoms with E-state index in [1.165, 1.54) is 5.56 Å². The monoisotopic (exact) mass is 342 g/mol. The predicted molar refractivity (Wildman–Crippen MR) is 104 cm³/mol. The summed E-state index contributed by atoms with van der Waals surface area (Å²) >= 11 is 0. The van der Waals surface area contributed by atoms with Gasteiger partial charge in [0.2, 0.25) is 0 Å². The van der Waals surface area contributed by atoms with Crippen LogP contribution in [0.1, 0.15) is 30.7 Å². The first-order valence-electron chi connectivity index (χ1n) is 8.96. The van der Waals surface area contributed by atoms with Gasteiger partial charge in [0, 0.05) is 13.1 Å². The first kappa shape index (κ1) is 19.1. The Hall–Kier alpha value is -2.27. The summed E-state index contributed by atoms with van der Waals surface area (Å²) in [6.45, 7) is 4.47. The number of rotatable bonds is 9. The maximum atomic E-state index is 5.54. The summed E-state index contributed by atoms with van der Waals surface area (Å²) in [7, 11) is 4.09. The highest BCUT2D eigenvalue weighted by molar-refractivity contribution is 5.79. The molecule has 0 amide bonds. The van der Waals surface area contributed by atoms with Gasteiger partial charge in [0.05, 0.1) is 18.8 Å². The van der Waals surface area contributed by atoms with Crippen LogP contribution in [0.15, 0.2) is 58.1 Å². The van der Waals surface area contributed by atoms with Crippen molar-refractivity contribution in [3.05, 3.63) is 60.1 Å². The lowest BCUT2D eigenvalue weighted by atomic mass is 10.1. The molecule has 0 radical (unpaired) electrons.